The van der Waals surface area contributed by atoms with Crippen LogP contribution in [0.5, 0.6) is 0 Å². The summed E-state index contributed by atoms with van der Waals surface area (Å²) in [5.41, 5.74) is 4.70. The Balaban J connectivity index is 1.48. The fourth-order valence-electron chi connectivity index (χ4n) is 3.07. The van der Waals surface area contributed by atoms with Crippen LogP contribution in [0.25, 0.3) is 11.3 Å². The Morgan fingerprint density at radius 2 is 2.08 bits per heavy atom. The normalized spacial score (nSPS) is 15.5. The van der Waals surface area contributed by atoms with E-state index < -0.39 is 0 Å². The lowest BCUT2D eigenvalue weighted by atomic mass is 9.95. The molecule has 5 nitrogen and oxygen atoms in total. The van der Waals surface area contributed by atoms with E-state index in [1.807, 2.05) is 37.3 Å². The van der Waals surface area contributed by atoms with E-state index in [9.17, 15) is 4.79 Å². The fraction of sp³-hybridized carbons (Fsp3) is 0.400. The first kappa shape index (κ1) is 18.9. The van der Waals surface area contributed by atoms with Crippen LogP contribution in [0.4, 0.5) is 0 Å². The van der Waals surface area contributed by atoms with Crippen molar-refractivity contribution < 1.29 is 9.21 Å². The minimum atomic E-state index is -0.138. The maximum atomic E-state index is 11.8. The molecule has 26 heavy (non-hydrogen) atoms. The predicted molar refractivity (Wildman–Crippen MR) is 107 cm³/mol. The Hall–Kier alpha value is -1.92. The van der Waals surface area contributed by atoms with Crippen LogP contribution < -0.4 is 10.7 Å². The van der Waals surface area contributed by atoms with E-state index in [1.165, 1.54) is 31.0 Å². The Labute approximate surface area is 162 Å². The Bertz CT molecular complexity index is 779. The van der Waals surface area contributed by atoms with Gasteiger partial charge in [0.15, 0.2) is 0 Å². The number of furan rings is 1. The summed E-state index contributed by atoms with van der Waals surface area (Å²) in [4.78, 5) is 11.8. The number of hydrogen-bond acceptors (Lipinski definition) is 4. The van der Waals surface area contributed by atoms with Gasteiger partial charge < -0.3 is 9.73 Å². The van der Waals surface area contributed by atoms with Crippen molar-refractivity contribution in [2.24, 2.45) is 5.10 Å². The molecule has 1 aliphatic carbocycles. The molecule has 2 aromatic rings. The molecule has 1 heterocycles. The van der Waals surface area contributed by atoms with Crippen LogP contribution in [0.2, 0.25) is 0 Å². The average molecular weight is 418 g/mol. The van der Waals surface area contributed by atoms with Crippen molar-refractivity contribution in [1.82, 2.24) is 10.7 Å². The SMILES string of the molecule is Cc1ccc(-c2ccc(/C=N\NC(=O)CNC3CCCCC3)o2)cc1Br. The number of carbonyl (C=O) groups excluding carboxylic acids is 1. The summed E-state index contributed by atoms with van der Waals surface area (Å²) >= 11 is 3.53. The number of halogens is 1. The van der Waals surface area contributed by atoms with E-state index in [0.29, 0.717) is 18.3 Å². The van der Waals surface area contributed by atoms with Gasteiger partial charge in [0.25, 0.3) is 5.91 Å². The largest absolute Gasteiger partial charge is 0.455 e. The Morgan fingerprint density at radius 3 is 2.85 bits per heavy atom. The monoisotopic (exact) mass is 417 g/mol. The predicted octanol–water partition coefficient (Wildman–Crippen LogP) is 4.39. The van der Waals surface area contributed by atoms with Gasteiger partial charge in [0.2, 0.25) is 0 Å². The number of aryl methyl sites for hydroxylation is 1. The van der Waals surface area contributed by atoms with Gasteiger partial charge in [-0.3, -0.25) is 4.79 Å². The van der Waals surface area contributed by atoms with E-state index in [0.717, 1.165) is 28.6 Å². The zero-order valence-electron chi connectivity index (χ0n) is 14.9. The number of rotatable bonds is 6. The fourth-order valence-corrected chi connectivity index (χ4v) is 3.45. The minimum Gasteiger partial charge on any atom is -0.455 e. The lowest BCUT2D eigenvalue weighted by Gasteiger charge is -2.22. The third-order valence-electron chi connectivity index (χ3n) is 4.62. The van der Waals surface area contributed by atoms with Crippen LogP contribution in [0, 0.1) is 6.92 Å². The lowest BCUT2D eigenvalue weighted by Crippen LogP contribution is -2.38. The first-order chi connectivity index (χ1) is 12.6. The molecule has 0 spiro atoms. The Kier molecular flexibility index (Phi) is 6.63. The van der Waals surface area contributed by atoms with Crippen molar-refractivity contribution in [2.75, 3.05) is 6.54 Å². The molecule has 0 atom stereocenters. The summed E-state index contributed by atoms with van der Waals surface area (Å²) in [6.45, 7) is 2.34. The molecule has 0 aliphatic heterocycles. The highest BCUT2D eigenvalue weighted by Crippen LogP contribution is 2.26. The zero-order valence-corrected chi connectivity index (χ0v) is 16.5. The number of nitrogens with zero attached hydrogens (tertiary/aromatic N) is 1. The van der Waals surface area contributed by atoms with Crippen LogP contribution in [0.15, 0.2) is 44.3 Å². The zero-order chi connectivity index (χ0) is 18.4. The average Bonchev–Trinajstić information content (AvgIpc) is 3.12. The standard InChI is InChI=1S/C20H24BrN3O2/c1-14-7-8-15(11-18(14)21)19-10-9-17(26-19)12-23-24-20(25)13-22-16-5-3-2-4-6-16/h7-12,16,22H,2-6,13H2,1H3,(H,24,25)/b23-12-. The van der Waals surface area contributed by atoms with Crippen molar-refractivity contribution in [3.8, 4) is 11.3 Å². The second-order valence-corrected chi connectivity index (χ2v) is 7.53. The van der Waals surface area contributed by atoms with Gasteiger partial charge >= 0.3 is 0 Å². The summed E-state index contributed by atoms with van der Waals surface area (Å²) in [5.74, 6) is 1.22. The van der Waals surface area contributed by atoms with Gasteiger partial charge in [0.05, 0.1) is 12.8 Å². The molecule has 6 heteroatoms. The van der Waals surface area contributed by atoms with Crippen LogP contribution in [-0.2, 0) is 4.79 Å². The number of hydrazone groups is 1. The summed E-state index contributed by atoms with van der Waals surface area (Å²) in [7, 11) is 0. The third-order valence-corrected chi connectivity index (χ3v) is 5.47. The molecule has 1 aromatic carbocycles. The number of hydrogen-bond donors (Lipinski definition) is 2. The highest BCUT2D eigenvalue weighted by molar-refractivity contribution is 9.10. The van der Waals surface area contributed by atoms with E-state index >= 15 is 0 Å². The number of nitrogens with one attached hydrogen (secondary N) is 2. The smallest absolute Gasteiger partial charge is 0.254 e. The summed E-state index contributed by atoms with van der Waals surface area (Å²) in [5, 5.41) is 7.27. The van der Waals surface area contributed by atoms with E-state index in [-0.39, 0.29) is 5.91 Å². The number of carbonyl (C=O) groups is 1. The van der Waals surface area contributed by atoms with Crippen LogP contribution in [0.1, 0.15) is 43.4 Å². The van der Waals surface area contributed by atoms with E-state index in [4.69, 9.17) is 4.42 Å². The van der Waals surface area contributed by atoms with Gasteiger partial charge in [-0.05, 0) is 43.5 Å². The number of amides is 1. The summed E-state index contributed by atoms with van der Waals surface area (Å²) in [6.07, 6.45) is 7.62. The molecule has 1 fully saturated rings. The molecular weight excluding hydrogens is 394 g/mol. The molecular formula is C20H24BrN3O2. The third kappa shape index (κ3) is 5.29. The highest BCUT2D eigenvalue weighted by Gasteiger charge is 2.13. The summed E-state index contributed by atoms with van der Waals surface area (Å²) < 4.78 is 6.81. The van der Waals surface area contributed by atoms with Gasteiger partial charge in [-0.1, -0.05) is 47.3 Å². The van der Waals surface area contributed by atoms with E-state index in [1.54, 1.807) is 0 Å². The molecule has 1 aromatic heterocycles. The van der Waals surface area contributed by atoms with Gasteiger partial charge in [-0.25, -0.2) is 5.43 Å². The second-order valence-electron chi connectivity index (χ2n) is 6.67. The summed E-state index contributed by atoms with van der Waals surface area (Å²) in [6, 6.07) is 10.3. The van der Waals surface area contributed by atoms with Crippen LogP contribution in [-0.4, -0.2) is 24.7 Å². The van der Waals surface area contributed by atoms with Crippen LogP contribution >= 0.6 is 15.9 Å². The highest BCUT2D eigenvalue weighted by atomic mass is 79.9. The van der Waals surface area contributed by atoms with Gasteiger partial charge in [-0.2, -0.15) is 5.10 Å². The molecule has 1 aliphatic rings. The molecule has 2 N–H and O–H groups in total. The van der Waals surface area contributed by atoms with Gasteiger partial charge in [-0.15, -0.1) is 0 Å². The molecule has 3 rings (SSSR count). The van der Waals surface area contributed by atoms with Crippen molar-refractivity contribution in [2.45, 2.75) is 45.1 Å². The van der Waals surface area contributed by atoms with Crippen LogP contribution in [0.3, 0.4) is 0 Å². The van der Waals surface area contributed by atoms with Gasteiger partial charge in [0, 0.05) is 16.1 Å². The lowest BCUT2D eigenvalue weighted by molar-refractivity contribution is -0.120. The molecule has 0 unspecified atom stereocenters. The number of benzene rings is 1. The van der Waals surface area contributed by atoms with E-state index in [2.05, 4.69) is 31.8 Å². The molecule has 138 valence electrons. The molecule has 1 saturated carbocycles. The van der Waals surface area contributed by atoms with Crippen molar-refractivity contribution in [3.05, 3.63) is 46.1 Å². The maximum absolute atomic E-state index is 11.8. The van der Waals surface area contributed by atoms with Crippen molar-refractivity contribution in [1.29, 1.82) is 0 Å². The first-order valence-electron chi connectivity index (χ1n) is 9.03. The Morgan fingerprint density at radius 1 is 1.27 bits per heavy atom. The molecule has 1 amide bonds. The van der Waals surface area contributed by atoms with Gasteiger partial charge in [0.1, 0.15) is 11.5 Å². The van der Waals surface area contributed by atoms with Crippen molar-refractivity contribution in [3.63, 3.8) is 0 Å². The molecule has 0 bridgehead atoms. The quantitative estimate of drug-likeness (QED) is 0.540. The first-order valence-corrected chi connectivity index (χ1v) is 9.83. The molecule has 0 radical (unpaired) electrons. The topological polar surface area (TPSA) is 66.6 Å². The second kappa shape index (κ2) is 9.14. The maximum Gasteiger partial charge on any atom is 0.254 e. The van der Waals surface area contributed by atoms with Crippen molar-refractivity contribution >= 4 is 28.1 Å². The molecule has 0 saturated heterocycles. The minimum absolute atomic E-state index is 0.138.